The van der Waals surface area contributed by atoms with E-state index < -0.39 is 0 Å². The van der Waals surface area contributed by atoms with Gasteiger partial charge >= 0.3 is 0 Å². The van der Waals surface area contributed by atoms with Crippen molar-refractivity contribution in [1.29, 1.82) is 0 Å². The fraction of sp³-hybridized carbons (Fsp3) is 0.615. The first-order valence-electron chi connectivity index (χ1n) is 6.14. The molecule has 0 bridgehead atoms. The van der Waals surface area contributed by atoms with Crippen LogP contribution < -0.4 is 10.6 Å². The number of nitrogen functional groups attached to an aromatic ring is 1. The fourth-order valence-electron chi connectivity index (χ4n) is 2.31. The van der Waals surface area contributed by atoms with E-state index in [0.29, 0.717) is 16.1 Å². The van der Waals surface area contributed by atoms with Crippen LogP contribution in [0, 0.1) is 5.41 Å². The van der Waals surface area contributed by atoms with E-state index in [1.54, 1.807) is 12.3 Å². The molecule has 1 aliphatic rings. The Bertz CT molecular complexity index is 404. The number of anilines is 2. The molecule has 0 amide bonds. The van der Waals surface area contributed by atoms with Crippen molar-refractivity contribution in [2.45, 2.75) is 33.1 Å². The van der Waals surface area contributed by atoms with Gasteiger partial charge in [0.25, 0.3) is 0 Å². The normalized spacial score (nSPS) is 20.1. The molecular weight excluding hydrogens is 234 g/mol. The molecule has 0 aliphatic carbocycles. The molecule has 1 aromatic rings. The molecule has 0 unspecified atom stereocenters. The maximum absolute atomic E-state index is 6.20. The van der Waals surface area contributed by atoms with Gasteiger partial charge in [0.1, 0.15) is 5.82 Å². The topological polar surface area (TPSA) is 42.2 Å². The predicted octanol–water partition coefficient (Wildman–Crippen LogP) is 3.33. The van der Waals surface area contributed by atoms with Gasteiger partial charge in [-0.3, -0.25) is 0 Å². The van der Waals surface area contributed by atoms with Gasteiger partial charge in [-0.05, 0) is 30.7 Å². The largest absolute Gasteiger partial charge is 0.397 e. The highest BCUT2D eigenvalue weighted by Crippen LogP contribution is 2.33. The van der Waals surface area contributed by atoms with Crippen LogP contribution in [0.3, 0.4) is 0 Å². The molecular formula is C13H20ClN3. The molecule has 2 N–H and O–H groups in total. The van der Waals surface area contributed by atoms with E-state index in [2.05, 4.69) is 23.7 Å². The molecule has 94 valence electrons. The number of pyridine rings is 1. The summed E-state index contributed by atoms with van der Waals surface area (Å²) in [7, 11) is 0. The monoisotopic (exact) mass is 253 g/mol. The Morgan fingerprint density at radius 3 is 2.82 bits per heavy atom. The molecule has 1 saturated heterocycles. The molecule has 3 nitrogen and oxygen atoms in total. The summed E-state index contributed by atoms with van der Waals surface area (Å²) in [6.07, 6.45) is 5.30. The van der Waals surface area contributed by atoms with Crippen LogP contribution >= 0.6 is 11.6 Å². The van der Waals surface area contributed by atoms with Gasteiger partial charge in [-0.1, -0.05) is 25.4 Å². The number of hydrogen-bond donors (Lipinski definition) is 1. The van der Waals surface area contributed by atoms with Gasteiger partial charge in [0, 0.05) is 13.1 Å². The van der Waals surface area contributed by atoms with Crippen LogP contribution in [0.25, 0.3) is 0 Å². The highest BCUT2D eigenvalue weighted by atomic mass is 35.5. The minimum absolute atomic E-state index is 0.426. The molecule has 1 aliphatic heterocycles. The summed E-state index contributed by atoms with van der Waals surface area (Å²) < 4.78 is 0. The van der Waals surface area contributed by atoms with Crippen LogP contribution in [0.1, 0.15) is 33.1 Å². The minimum Gasteiger partial charge on any atom is -0.397 e. The molecule has 0 radical (unpaired) electrons. The van der Waals surface area contributed by atoms with Crippen molar-refractivity contribution in [2.24, 2.45) is 5.41 Å². The summed E-state index contributed by atoms with van der Waals surface area (Å²) in [6.45, 7) is 6.70. The third-order valence-corrected chi connectivity index (χ3v) is 3.76. The fourth-order valence-corrected chi connectivity index (χ4v) is 2.61. The molecule has 17 heavy (non-hydrogen) atoms. The zero-order valence-corrected chi connectivity index (χ0v) is 11.3. The molecule has 4 heteroatoms. The van der Waals surface area contributed by atoms with Gasteiger partial charge in [0.15, 0.2) is 0 Å². The molecule has 1 fully saturated rings. The van der Waals surface area contributed by atoms with Crippen molar-refractivity contribution in [3.8, 4) is 0 Å². The van der Waals surface area contributed by atoms with Gasteiger partial charge in [0.05, 0.1) is 16.9 Å². The van der Waals surface area contributed by atoms with Crippen LogP contribution in [-0.2, 0) is 0 Å². The predicted molar refractivity (Wildman–Crippen MR) is 73.5 cm³/mol. The summed E-state index contributed by atoms with van der Waals surface area (Å²) in [5, 5.41) is 0.657. The van der Waals surface area contributed by atoms with Crippen LogP contribution in [0.5, 0.6) is 0 Å². The van der Waals surface area contributed by atoms with Gasteiger partial charge in [0.2, 0.25) is 0 Å². The second kappa shape index (κ2) is 4.73. The Hall–Kier alpha value is -0.960. The highest BCUT2D eigenvalue weighted by molar-refractivity contribution is 6.33. The van der Waals surface area contributed by atoms with E-state index in [1.807, 2.05) is 0 Å². The Balaban J connectivity index is 2.17. The molecule has 0 saturated carbocycles. The minimum atomic E-state index is 0.426. The first kappa shape index (κ1) is 12.5. The van der Waals surface area contributed by atoms with E-state index >= 15 is 0 Å². The van der Waals surface area contributed by atoms with E-state index in [1.165, 1.54) is 19.3 Å². The first-order chi connectivity index (χ1) is 7.98. The molecule has 0 aromatic carbocycles. The second-order valence-corrected chi connectivity index (χ2v) is 5.99. The van der Waals surface area contributed by atoms with Gasteiger partial charge in [-0.15, -0.1) is 0 Å². The summed E-state index contributed by atoms with van der Waals surface area (Å²) >= 11 is 6.20. The van der Waals surface area contributed by atoms with Crippen LogP contribution in [0.15, 0.2) is 12.3 Å². The van der Waals surface area contributed by atoms with E-state index in [4.69, 9.17) is 17.3 Å². The van der Waals surface area contributed by atoms with E-state index in [0.717, 1.165) is 18.9 Å². The quantitative estimate of drug-likeness (QED) is 0.835. The lowest BCUT2D eigenvalue weighted by Gasteiger charge is -2.24. The molecule has 1 aromatic heterocycles. The number of hydrogen-bond acceptors (Lipinski definition) is 3. The number of rotatable bonds is 1. The van der Waals surface area contributed by atoms with Crippen molar-refractivity contribution in [2.75, 3.05) is 23.7 Å². The summed E-state index contributed by atoms with van der Waals surface area (Å²) in [6, 6.07) is 1.78. The molecule has 0 spiro atoms. The lowest BCUT2D eigenvalue weighted by molar-refractivity contribution is 0.325. The maximum atomic E-state index is 6.20. The third kappa shape index (κ3) is 3.03. The van der Waals surface area contributed by atoms with Crippen LogP contribution in [0.2, 0.25) is 5.02 Å². The summed E-state index contributed by atoms with van der Waals surface area (Å²) in [5.74, 6) is 0.874. The number of nitrogens with two attached hydrogens (primary N) is 1. The Morgan fingerprint density at radius 2 is 2.12 bits per heavy atom. The Kier molecular flexibility index (Phi) is 3.48. The van der Waals surface area contributed by atoms with Crippen LogP contribution in [-0.4, -0.2) is 18.1 Å². The first-order valence-corrected chi connectivity index (χ1v) is 6.52. The number of nitrogens with zero attached hydrogens (tertiary/aromatic N) is 2. The third-order valence-electron chi connectivity index (χ3n) is 3.48. The standard InChI is InChI=1S/C13H20ClN3/c1-13(2)4-3-6-17(7-5-13)12-11(14)8-10(15)9-16-12/h8-9H,3-7,15H2,1-2H3. The van der Waals surface area contributed by atoms with Crippen molar-refractivity contribution in [3.05, 3.63) is 17.3 Å². The smallest absolute Gasteiger partial charge is 0.147 e. The van der Waals surface area contributed by atoms with Crippen molar-refractivity contribution in [3.63, 3.8) is 0 Å². The average molecular weight is 254 g/mol. The highest BCUT2D eigenvalue weighted by Gasteiger charge is 2.24. The second-order valence-electron chi connectivity index (χ2n) is 5.58. The van der Waals surface area contributed by atoms with Gasteiger partial charge in [-0.2, -0.15) is 0 Å². The zero-order chi connectivity index (χ0) is 12.5. The van der Waals surface area contributed by atoms with Crippen molar-refractivity contribution < 1.29 is 0 Å². The SMILES string of the molecule is CC1(C)CCCN(c2ncc(N)cc2Cl)CC1. The van der Waals surface area contributed by atoms with Crippen LogP contribution in [0.4, 0.5) is 11.5 Å². The average Bonchev–Trinajstić information content (AvgIpc) is 2.40. The Morgan fingerprint density at radius 1 is 1.35 bits per heavy atom. The van der Waals surface area contributed by atoms with Crippen molar-refractivity contribution in [1.82, 2.24) is 4.98 Å². The zero-order valence-electron chi connectivity index (χ0n) is 10.5. The number of halogens is 1. The Labute approximate surface area is 108 Å². The maximum Gasteiger partial charge on any atom is 0.147 e. The summed E-state index contributed by atoms with van der Waals surface area (Å²) in [5.41, 5.74) is 6.71. The van der Waals surface area contributed by atoms with Gasteiger partial charge < -0.3 is 10.6 Å². The van der Waals surface area contributed by atoms with Crippen molar-refractivity contribution >= 4 is 23.1 Å². The molecule has 2 rings (SSSR count). The van der Waals surface area contributed by atoms with E-state index in [-0.39, 0.29) is 0 Å². The van der Waals surface area contributed by atoms with E-state index in [9.17, 15) is 0 Å². The number of aromatic nitrogens is 1. The summed E-state index contributed by atoms with van der Waals surface area (Å²) in [4.78, 5) is 6.63. The van der Waals surface area contributed by atoms with Gasteiger partial charge in [-0.25, -0.2) is 4.98 Å². The lowest BCUT2D eigenvalue weighted by Crippen LogP contribution is -2.26. The molecule has 0 atom stereocenters. The molecule has 2 heterocycles. The lowest BCUT2D eigenvalue weighted by atomic mass is 9.85.